The fourth-order valence-electron chi connectivity index (χ4n) is 3.39. The van der Waals surface area contributed by atoms with Gasteiger partial charge in [-0.25, -0.2) is 0 Å². The van der Waals surface area contributed by atoms with Crippen LogP contribution in [0, 0.1) is 10.1 Å². The van der Waals surface area contributed by atoms with E-state index in [0.29, 0.717) is 12.2 Å². The maximum Gasteiger partial charge on any atom is 0.270 e. The molecule has 3 rings (SSSR count). The number of nitro groups is 1. The zero-order valence-corrected chi connectivity index (χ0v) is 15.4. The topological polar surface area (TPSA) is 87.5 Å². The Morgan fingerprint density at radius 2 is 1.85 bits per heavy atom. The van der Waals surface area contributed by atoms with Crippen molar-refractivity contribution in [3.05, 3.63) is 69.3 Å². The van der Waals surface area contributed by atoms with Gasteiger partial charge in [0, 0.05) is 38.0 Å². The molecule has 0 bridgehead atoms. The first kappa shape index (κ1) is 18.8. The van der Waals surface area contributed by atoms with Crippen LogP contribution >= 0.6 is 0 Å². The molecule has 0 spiro atoms. The first-order valence-corrected chi connectivity index (χ1v) is 9.12. The fraction of sp³-hybridized carbons (Fsp3) is 0.350. The van der Waals surface area contributed by atoms with Crippen LogP contribution in [-0.4, -0.2) is 35.9 Å². The molecule has 7 nitrogen and oxygen atoms in total. The van der Waals surface area contributed by atoms with E-state index in [1.165, 1.54) is 30.5 Å². The number of rotatable bonds is 7. The normalized spacial score (nSPS) is 14.1. The van der Waals surface area contributed by atoms with Crippen LogP contribution in [0.1, 0.15) is 34.3 Å². The molecule has 1 saturated heterocycles. The van der Waals surface area contributed by atoms with Gasteiger partial charge < -0.3 is 10.6 Å². The van der Waals surface area contributed by atoms with Gasteiger partial charge in [0.25, 0.3) is 11.6 Å². The number of hydrogen-bond donors (Lipinski definition) is 2. The van der Waals surface area contributed by atoms with Crippen molar-refractivity contribution in [3.8, 4) is 0 Å². The highest BCUT2D eigenvalue weighted by Crippen LogP contribution is 2.22. The summed E-state index contributed by atoms with van der Waals surface area (Å²) in [4.78, 5) is 25.6. The Morgan fingerprint density at radius 1 is 1.15 bits per heavy atom. The Labute approximate surface area is 158 Å². The fourth-order valence-corrected chi connectivity index (χ4v) is 3.39. The lowest BCUT2D eigenvalue weighted by Gasteiger charge is -2.18. The van der Waals surface area contributed by atoms with E-state index < -0.39 is 4.92 Å². The van der Waals surface area contributed by atoms with Crippen LogP contribution in [0.5, 0.6) is 0 Å². The number of carbonyl (C=O) groups excluding carboxylic acids is 1. The summed E-state index contributed by atoms with van der Waals surface area (Å²) in [5, 5.41) is 16.8. The van der Waals surface area contributed by atoms with Crippen LogP contribution in [0.25, 0.3) is 0 Å². The van der Waals surface area contributed by atoms with Gasteiger partial charge in [-0.1, -0.05) is 24.3 Å². The van der Waals surface area contributed by atoms with E-state index in [9.17, 15) is 14.9 Å². The SMILES string of the molecule is CNc1ccc([N+](=O)[O-])cc1C(=O)NCc1ccccc1CN1CCCC1. The van der Waals surface area contributed by atoms with Crippen molar-refractivity contribution < 1.29 is 9.72 Å². The third kappa shape index (κ3) is 4.62. The molecule has 0 atom stereocenters. The van der Waals surface area contributed by atoms with Crippen molar-refractivity contribution in [2.24, 2.45) is 0 Å². The molecule has 142 valence electrons. The molecule has 1 aliphatic heterocycles. The molecule has 1 heterocycles. The number of carbonyl (C=O) groups is 1. The van der Waals surface area contributed by atoms with Crippen molar-refractivity contribution in [2.45, 2.75) is 25.9 Å². The summed E-state index contributed by atoms with van der Waals surface area (Å²) < 4.78 is 0. The number of nitro benzene ring substituents is 1. The van der Waals surface area contributed by atoms with Crippen molar-refractivity contribution in [2.75, 3.05) is 25.5 Å². The van der Waals surface area contributed by atoms with E-state index >= 15 is 0 Å². The van der Waals surface area contributed by atoms with Gasteiger partial charge in [-0.3, -0.25) is 19.8 Å². The lowest BCUT2D eigenvalue weighted by Crippen LogP contribution is -2.25. The predicted octanol–water partition coefficient (Wildman–Crippen LogP) is 3.16. The van der Waals surface area contributed by atoms with E-state index in [0.717, 1.165) is 25.2 Å². The number of benzene rings is 2. The second-order valence-electron chi connectivity index (χ2n) is 6.67. The molecule has 2 aromatic rings. The molecular weight excluding hydrogens is 344 g/mol. The first-order chi connectivity index (χ1) is 13.1. The Morgan fingerprint density at radius 3 is 2.52 bits per heavy atom. The number of nitrogens with zero attached hydrogens (tertiary/aromatic N) is 2. The smallest absolute Gasteiger partial charge is 0.270 e. The quantitative estimate of drug-likeness (QED) is 0.579. The third-order valence-corrected chi connectivity index (χ3v) is 4.88. The highest BCUT2D eigenvalue weighted by Gasteiger charge is 2.17. The molecule has 0 saturated carbocycles. The zero-order valence-electron chi connectivity index (χ0n) is 15.4. The molecule has 0 radical (unpaired) electrons. The molecule has 2 aromatic carbocycles. The van der Waals surface area contributed by atoms with E-state index in [-0.39, 0.29) is 17.2 Å². The molecule has 27 heavy (non-hydrogen) atoms. The van der Waals surface area contributed by atoms with Crippen LogP contribution < -0.4 is 10.6 Å². The van der Waals surface area contributed by atoms with Crippen LogP contribution in [0.2, 0.25) is 0 Å². The molecular formula is C20H24N4O3. The predicted molar refractivity (Wildman–Crippen MR) is 105 cm³/mol. The van der Waals surface area contributed by atoms with E-state index in [1.54, 1.807) is 13.1 Å². The van der Waals surface area contributed by atoms with Crippen LogP contribution in [0.3, 0.4) is 0 Å². The molecule has 0 aliphatic carbocycles. The van der Waals surface area contributed by atoms with Gasteiger partial charge in [0.05, 0.1) is 10.5 Å². The summed E-state index contributed by atoms with van der Waals surface area (Å²) in [6, 6.07) is 12.3. The molecule has 1 amide bonds. The summed E-state index contributed by atoms with van der Waals surface area (Å²) in [6.45, 7) is 3.49. The standard InChI is InChI=1S/C20H24N4O3/c1-21-19-9-8-17(24(26)27)12-18(19)20(25)22-13-15-6-2-3-7-16(15)14-23-10-4-5-11-23/h2-3,6-9,12,21H,4-5,10-11,13-14H2,1H3,(H,22,25). The summed E-state index contributed by atoms with van der Waals surface area (Å²) in [6.07, 6.45) is 2.47. The Bertz CT molecular complexity index is 832. The highest BCUT2D eigenvalue weighted by molar-refractivity contribution is 6.00. The molecule has 0 aromatic heterocycles. The third-order valence-electron chi connectivity index (χ3n) is 4.88. The van der Waals surface area contributed by atoms with E-state index in [1.807, 2.05) is 18.2 Å². The van der Waals surface area contributed by atoms with Gasteiger partial charge in [0.15, 0.2) is 0 Å². The van der Waals surface area contributed by atoms with Crippen molar-refractivity contribution in [1.82, 2.24) is 10.2 Å². The second-order valence-corrected chi connectivity index (χ2v) is 6.67. The number of likely N-dealkylation sites (tertiary alicyclic amines) is 1. The van der Waals surface area contributed by atoms with Gasteiger partial charge in [0.2, 0.25) is 0 Å². The molecule has 1 aliphatic rings. The Balaban J connectivity index is 1.72. The lowest BCUT2D eigenvalue weighted by molar-refractivity contribution is -0.384. The highest BCUT2D eigenvalue weighted by atomic mass is 16.6. The number of non-ortho nitro benzene ring substituents is 1. The van der Waals surface area contributed by atoms with Gasteiger partial charge in [-0.05, 0) is 43.1 Å². The minimum atomic E-state index is -0.498. The first-order valence-electron chi connectivity index (χ1n) is 9.12. The Hall–Kier alpha value is -2.93. The maximum atomic E-state index is 12.6. The Kier molecular flexibility index (Phi) is 6.03. The summed E-state index contributed by atoms with van der Waals surface area (Å²) >= 11 is 0. The number of amides is 1. The second kappa shape index (κ2) is 8.64. The average Bonchev–Trinajstić information content (AvgIpc) is 3.19. The van der Waals surface area contributed by atoms with Gasteiger partial charge >= 0.3 is 0 Å². The van der Waals surface area contributed by atoms with E-state index in [4.69, 9.17) is 0 Å². The monoisotopic (exact) mass is 368 g/mol. The molecule has 1 fully saturated rings. The molecule has 0 unspecified atom stereocenters. The van der Waals surface area contributed by atoms with Gasteiger partial charge in [0.1, 0.15) is 0 Å². The van der Waals surface area contributed by atoms with Gasteiger partial charge in [-0.2, -0.15) is 0 Å². The summed E-state index contributed by atoms with van der Waals surface area (Å²) in [5.74, 6) is -0.334. The number of nitrogens with one attached hydrogen (secondary N) is 2. The van der Waals surface area contributed by atoms with Crippen LogP contribution in [0.15, 0.2) is 42.5 Å². The maximum absolute atomic E-state index is 12.6. The number of anilines is 1. The average molecular weight is 368 g/mol. The largest absolute Gasteiger partial charge is 0.387 e. The summed E-state index contributed by atoms with van der Waals surface area (Å²) in [7, 11) is 1.68. The van der Waals surface area contributed by atoms with Crippen LogP contribution in [-0.2, 0) is 13.1 Å². The summed E-state index contributed by atoms with van der Waals surface area (Å²) in [5.41, 5.74) is 2.99. The van der Waals surface area contributed by atoms with Crippen molar-refractivity contribution in [3.63, 3.8) is 0 Å². The van der Waals surface area contributed by atoms with Gasteiger partial charge in [-0.15, -0.1) is 0 Å². The minimum Gasteiger partial charge on any atom is -0.387 e. The molecule has 7 heteroatoms. The molecule has 2 N–H and O–H groups in total. The minimum absolute atomic E-state index is 0.103. The zero-order chi connectivity index (χ0) is 19.2. The lowest BCUT2D eigenvalue weighted by atomic mass is 10.1. The van der Waals surface area contributed by atoms with Crippen molar-refractivity contribution in [1.29, 1.82) is 0 Å². The number of hydrogen-bond acceptors (Lipinski definition) is 5. The van der Waals surface area contributed by atoms with E-state index in [2.05, 4.69) is 21.6 Å². The van der Waals surface area contributed by atoms with Crippen molar-refractivity contribution >= 4 is 17.3 Å². The van der Waals surface area contributed by atoms with Crippen LogP contribution in [0.4, 0.5) is 11.4 Å².